The van der Waals surface area contributed by atoms with Gasteiger partial charge in [-0.3, -0.25) is 4.90 Å². The topological polar surface area (TPSA) is 15.3 Å². The van der Waals surface area contributed by atoms with Crippen LogP contribution in [-0.2, 0) is 0 Å². The SMILES string of the molecule is CCC1(C)CNC(C2CCCCC2)CN1CC(F)(F)F. The first-order valence-electron chi connectivity index (χ1n) is 7.89. The van der Waals surface area contributed by atoms with Crippen LogP contribution in [0.1, 0.15) is 52.4 Å². The summed E-state index contributed by atoms with van der Waals surface area (Å²) in [4.78, 5) is 1.67. The van der Waals surface area contributed by atoms with Crippen LogP contribution in [0.4, 0.5) is 13.2 Å². The molecule has 2 fully saturated rings. The normalized spacial score (nSPS) is 34.4. The number of hydrogen-bond donors (Lipinski definition) is 1. The highest BCUT2D eigenvalue weighted by Gasteiger charge is 2.43. The zero-order valence-corrected chi connectivity index (χ0v) is 12.6. The standard InChI is InChI=1S/C15H27F3N2/c1-3-14(2)10-19-13(12-7-5-4-6-8-12)9-20(14)11-15(16,17)18/h12-13,19H,3-11H2,1-2H3. The molecular formula is C15H27F3N2. The van der Waals surface area contributed by atoms with Crippen LogP contribution in [0.15, 0.2) is 0 Å². The summed E-state index contributed by atoms with van der Waals surface area (Å²) in [6, 6.07) is 0.234. The Morgan fingerprint density at radius 2 is 1.85 bits per heavy atom. The highest BCUT2D eigenvalue weighted by Crippen LogP contribution is 2.33. The van der Waals surface area contributed by atoms with Crippen molar-refractivity contribution in [2.75, 3.05) is 19.6 Å². The highest BCUT2D eigenvalue weighted by molar-refractivity contribution is 4.98. The number of piperazine rings is 1. The molecule has 20 heavy (non-hydrogen) atoms. The fraction of sp³-hybridized carbons (Fsp3) is 1.00. The van der Waals surface area contributed by atoms with Crippen LogP contribution in [0, 0.1) is 5.92 Å². The Hall–Kier alpha value is -0.290. The maximum atomic E-state index is 12.8. The van der Waals surface area contributed by atoms with Crippen molar-refractivity contribution >= 4 is 0 Å². The number of halogens is 3. The van der Waals surface area contributed by atoms with E-state index in [2.05, 4.69) is 5.32 Å². The lowest BCUT2D eigenvalue weighted by Crippen LogP contribution is -2.66. The van der Waals surface area contributed by atoms with E-state index in [1.165, 1.54) is 32.1 Å². The summed E-state index contributed by atoms with van der Waals surface area (Å²) in [6.07, 6.45) is 2.71. The van der Waals surface area contributed by atoms with Crippen LogP contribution in [0.5, 0.6) is 0 Å². The van der Waals surface area contributed by atoms with Gasteiger partial charge in [-0.1, -0.05) is 26.2 Å². The molecule has 118 valence electrons. The largest absolute Gasteiger partial charge is 0.401 e. The highest BCUT2D eigenvalue weighted by atomic mass is 19.4. The molecule has 1 aliphatic heterocycles. The fourth-order valence-corrected chi connectivity index (χ4v) is 3.66. The second kappa shape index (κ2) is 6.22. The monoisotopic (exact) mass is 292 g/mol. The predicted molar refractivity (Wildman–Crippen MR) is 74.7 cm³/mol. The lowest BCUT2D eigenvalue weighted by Gasteiger charge is -2.50. The van der Waals surface area contributed by atoms with Crippen molar-refractivity contribution in [1.82, 2.24) is 10.2 Å². The molecule has 0 amide bonds. The lowest BCUT2D eigenvalue weighted by atomic mass is 9.81. The minimum absolute atomic E-state index is 0.234. The molecule has 0 aromatic carbocycles. The molecule has 2 nitrogen and oxygen atoms in total. The van der Waals surface area contributed by atoms with E-state index in [0.29, 0.717) is 19.0 Å². The maximum absolute atomic E-state index is 12.8. The van der Waals surface area contributed by atoms with E-state index < -0.39 is 12.7 Å². The smallest absolute Gasteiger partial charge is 0.311 e. The summed E-state index contributed by atoms with van der Waals surface area (Å²) in [5, 5.41) is 3.54. The average Bonchev–Trinajstić information content (AvgIpc) is 2.41. The first kappa shape index (κ1) is 16.1. The van der Waals surface area contributed by atoms with Crippen LogP contribution in [0.25, 0.3) is 0 Å². The van der Waals surface area contributed by atoms with E-state index in [9.17, 15) is 13.2 Å². The minimum Gasteiger partial charge on any atom is -0.311 e. The van der Waals surface area contributed by atoms with Gasteiger partial charge in [-0.05, 0) is 32.1 Å². The Kier molecular flexibility index (Phi) is 5.00. The molecule has 0 radical (unpaired) electrons. The van der Waals surface area contributed by atoms with Gasteiger partial charge in [-0.15, -0.1) is 0 Å². The third-order valence-corrected chi connectivity index (χ3v) is 5.28. The third-order valence-electron chi connectivity index (χ3n) is 5.28. The Bertz CT molecular complexity index is 313. The van der Waals surface area contributed by atoms with Gasteiger partial charge in [-0.25, -0.2) is 0 Å². The number of alkyl halides is 3. The van der Waals surface area contributed by atoms with Crippen LogP contribution in [-0.4, -0.2) is 42.3 Å². The average molecular weight is 292 g/mol. The van der Waals surface area contributed by atoms with E-state index in [1.807, 2.05) is 13.8 Å². The van der Waals surface area contributed by atoms with E-state index in [-0.39, 0.29) is 11.6 Å². The van der Waals surface area contributed by atoms with Crippen LogP contribution in [0.3, 0.4) is 0 Å². The molecule has 5 heteroatoms. The van der Waals surface area contributed by atoms with Crippen molar-refractivity contribution in [3.8, 4) is 0 Å². The van der Waals surface area contributed by atoms with Gasteiger partial charge in [0.2, 0.25) is 0 Å². The first-order chi connectivity index (χ1) is 9.34. The van der Waals surface area contributed by atoms with E-state index in [4.69, 9.17) is 0 Å². The van der Waals surface area contributed by atoms with Crippen molar-refractivity contribution in [2.24, 2.45) is 5.92 Å². The molecule has 0 aromatic heterocycles. The number of nitrogens with one attached hydrogen (secondary N) is 1. The quantitative estimate of drug-likeness (QED) is 0.855. The molecule has 2 unspecified atom stereocenters. The molecule has 1 N–H and O–H groups in total. The molecule has 0 spiro atoms. The van der Waals surface area contributed by atoms with Crippen LogP contribution < -0.4 is 5.32 Å². The van der Waals surface area contributed by atoms with Crippen molar-refractivity contribution in [3.63, 3.8) is 0 Å². The van der Waals surface area contributed by atoms with Gasteiger partial charge in [0.05, 0.1) is 6.54 Å². The number of nitrogens with zero attached hydrogens (tertiary/aromatic N) is 1. The van der Waals surface area contributed by atoms with E-state index in [0.717, 1.165) is 6.42 Å². The summed E-state index contributed by atoms with van der Waals surface area (Å²) in [5.74, 6) is 0.556. The Balaban J connectivity index is 2.03. The molecule has 1 aliphatic carbocycles. The molecule has 1 saturated carbocycles. The molecule has 2 atom stereocenters. The van der Waals surface area contributed by atoms with Gasteiger partial charge in [0.15, 0.2) is 0 Å². The summed E-state index contributed by atoms with van der Waals surface area (Å²) < 4.78 is 38.5. The Morgan fingerprint density at radius 3 is 2.40 bits per heavy atom. The first-order valence-corrected chi connectivity index (χ1v) is 7.89. The summed E-state index contributed by atoms with van der Waals surface area (Å²) >= 11 is 0. The fourth-order valence-electron chi connectivity index (χ4n) is 3.66. The van der Waals surface area contributed by atoms with Crippen molar-refractivity contribution < 1.29 is 13.2 Å². The molecular weight excluding hydrogens is 265 g/mol. The zero-order chi connectivity index (χ0) is 14.8. The van der Waals surface area contributed by atoms with Crippen LogP contribution in [0.2, 0.25) is 0 Å². The van der Waals surface area contributed by atoms with Crippen LogP contribution >= 0.6 is 0 Å². The molecule has 2 aliphatic rings. The molecule has 2 rings (SSSR count). The lowest BCUT2D eigenvalue weighted by molar-refractivity contribution is -0.164. The van der Waals surface area contributed by atoms with Gasteiger partial charge in [0.25, 0.3) is 0 Å². The minimum atomic E-state index is -4.11. The van der Waals surface area contributed by atoms with Gasteiger partial charge in [-0.2, -0.15) is 13.2 Å². The zero-order valence-electron chi connectivity index (χ0n) is 12.6. The van der Waals surface area contributed by atoms with Gasteiger partial charge >= 0.3 is 6.18 Å². The second-order valence-electron chi connectivity index (χ2n) is 6.73. The molecule has 0 aromatic rings. The van der Waals surface area contributed by atoms with Crippen molar-refractivity contribution in [3.05, 3.63) is 0 Å². The Labute approximate surface area is 120 Å². The second-order valence-corrected chi connectivity index (χ2v) is 6.73. The van der Waals surface area contributed by atoms with E-state index >= 15 is 0 Å². The maximum Gasteiger partial charge on any atom is 0.401 e. The summed E-state index contributed by atoms with van der Waals surface area (Å²) in [6.45, 7) is 4.35. The molecule has 1 heterocycles. The third kappa shape index (κ3) is 3.88. The number of rotatable bonds is 3. The number of hydrogen-bond acceptors (Lipinski definition) is 2. The van der Waals surface area contributed by atoms with E-state index in [1.54, 1.807) is 4.90 Å². The summed E-state index contributed by atoms with van der Waals surface area (Å²) in [5.41, 5.74) is -0.374. The van der Waals surface area contributed by atoms with Gasteiger partial charge < -0.3 is 5.32 Å². The molecule has 0 bridgehead atoms. The van der Waals surface area contributed by atoms with Crippen molar-refractivity contribution in [2.45, 2.75) is 70.1 Å². The van der Waals surface area contributed by atoms with Gasteiger partial charge in [0.1, 0.15) is 0 Å². The summed E-state index contributed by atoms with van der Waals surface area (Å²) in [7, 11) is 0. The van der Waals surface area contributed by atoms with Crippen molar-refractivity contribution in [1.29, 1.82) is 0 Å². The Morgan fingerprint density at radius 1 is 1.20 bits per heavy atom. The predicted octanol–water partition coefficient (Wildman–Crippen LogP) is 3.57. The molecule has 1 saturated heterocycles. The van der Waals surface area contributed by atoms with Gasteiger partial charge in [0, 0.05) is 24.7 Å².